The molecule has 0 aliphatic rings. The lowest BCUT2D eigenvalue weighted by molar-refractivity contribution is 0.184. The van der Waals surface area contributed by atoms with Crippen molar-refractivity contribution in [3.05, 3.63) is 66.5 Å². The standard InChI is InChI=1S/C38H55FN2O/c1-3-5-7-9-11-13-15-17-19-32-21-23-34(24-22-32)38-40-29-35(30-41-38)33-25-27-37(28-26-33)42-31-36(39)20-18-16-14-12-10-8-6-4-2/h21-30,36H,3-20,31H2,1-2H3. The molecule has 1 atom stereocenters. The molecule has 0 aliphatic carbocycles. The average molecular weight is 575 g/mol. The van der Waals surface area contributed by atoms with Gasteiger partial charge in [-0.2, -0.15) is 0 Å². The highest BCUT2D eigenvalue weighted by atomic mass is 19.1. The maximum atomic E-state index is 14.3. The molecule has 1 aromatic heterocycles. The van der Waals surface area contributed by atoms with E-state index in [1.807, 2.05) is 36.7 Å². The van der Waals surface area contributed by atoms with Crippen molar-refractivity contribution in [2.45, 2.75) is 136 Å². The van der Waals surface area contributed by atoms with E-state index >= 15 is 0 Å². The molecule has 42 heavy (non-hydrogen) atoms. The molecule has 0 fully saturated rings. The summed E-state index contributed by atoms with van der Waals surface area (Å²) in [6.07, 6.45) is 25.2. The van der Waals surface area contributed by atoms with Crippen LogP contribution in [0.15, 0.2) is 60.9 Å². The predicted molar refractivity (Wildman–Crippen MR) is 177 cm³/mol. The molecule has 4 heteroatoms. The quantitative estimate of drug-likeness (QED) is 0.106. The van der Waals surface area contributed by atoms with E-state index in [4.69, 9.17) is 4.74 Å². The van der Waals surface area contributed by atoms with Crippen LogP contribution in [0.4, 0.5) is 4.39 Å². The van der Waals surface area contributed by atoms with Gasteiger partial charge in [0.25, 0.3) is 0 Å². The number of hydrogen-bond acceptors (Lipinski definition) is 3. The Labute approximate surface area is 255 Å². The van der Waals surface area contributed by atoms with Gasteiger partial charge in [0.1, 0.15) is 18.5 Å². The lowest BCUT2D eigenvalue weighted by Crippen LogP contribution is -2.12. The van der Waals surface area contributed by atoms with E-state index in [0.29, 0.717) is 12.2 Å². The second kappa shape index (κ2) is 21.0. The SMILES string of the molecule is CCCCCCCCCCc1ccc(-c2ncc(-c3ccc(OCC(F)CCCCCCCCCC)cc3)cn2)cc1. The molecule has 3 nitrogen and oxygen atoms in total. The minimum absolute atomic E-state index is 0.117. The normalized spacial score (nSPS) is 12.0. The molecule has 0 saturated heterocycles. The van der Waals surface area contributed by atoms with Crippen molar-refractivity contribution in [2.24, 2.45) is 0 Å². The highest BCUT2D eigenvalue weighted by Crippen LogP contribution is 2.24. The largest absolute Gasteiger partial charge is 0.491 e. The molecule has 1 unspecified atom stereocenters. The fourth-order valence-corrected chi connectivity index (χ4v) is 5.42. The Morgan fingerprint density at radius 1 is 0.571 bits per heavy atom. The Hall–Kier alpha value is -2.75. The fraction of sp³-hybridized carbons (Fsp3) is 0.579. The van der Waals surface area contributed by atoms with Gasteiger partial charge in [0.15, 0.2) is 5.82 Å². The van der Waals surface area contributed by atoms with Crippen molar-refractivity contribution in [2.75, 3.05) is 6.61 Å². The number of aryl methyl sites for hydroxylation is 1. The Bertz CT molecular complexity index is 1070. The van der Waals surface area contributed by atoms with Crippen LogP contribution in [0.3, 0.4) is 0 Å². The number of aromatic nitrogens is 2. The molecule has 0 amide bonds. The summed E-state index contributed by atoms with van der Waals surface area (Å²) in [5.41, 5.74) is 4.40. The zero-order valence-corrected chi connectivity index (χ0v) is 26.5. The van der Waals surface area contributed by atoms with Crippen LogP contribution in [0.1, 0.15) is 129 Å². The summed E-state index contributed by atoms with van der Waals surface area (Å²) < 4.78 is 20.0. The summed E-state index contributed by atoms with van der Waals surface area (Å²) in [5, 5.41) is 0. The van der Waals surface area contributed by atoms with Crippen LogP contribution in [-0.4, -0.2) is 22.7 Å². The van der Waals surface area contributed by atoms with Gasteiger partial charge in [-0.05, 0) is 42.5 Å². The first-order valence-electron chi connectivity index (χ1n) is 17.0. The van der Waals surface area contributed by atoms with Gasteiger partial charge in [0.2, 0.25) is 0 Å². The molecule has 0 radical (unpaired) electrons. The molecule has 0 spiro atoms. The molecule has 1 heterocycles. The van der Waals surface area contributed by atoms with Crippen LogP contribution in [0, 0.1) is 0 Å². The Balaban J connectivity index is 1.34. The molecule has 0 bridgehead atoms. The van der Waals surface area contributed by atoms with Gasteiger partial charge in [-0.15, -0.1) is 0 Å². The van der Waals surface area contributed by atoms with Crippen molar-refractivity contribution in [1.82, 2.24) is 9.97 Å². The number of halogens is 1. The van der Waals surface area contributed by atoms with Gasteiger partial charge in [-0.3, -0.25) is 0 Å². The summed E-state index contributed by atoms with van der Waals surface area (Å²) in [6.45, 7) is 4.63. The van der Waals surface area contributed by atoms with Crippen molar-refractivity contribution in [3.8, 4) is 28.3 Å². The van der Waals surface area contributed by atoms with Crippen molar-refractivity contribution < 1.29 is 9.13 Å². The van der Waals surface area contributed by atoms with Gasteiger partial charge in [-0.25, -0.2) is 14.4 Å². The lowest BCUT2D eigenvalue weighted by Gasteiger charge is -2.11. The zero-order valence-electron chi connectivity index (χ0n) is 26.5. The van der Waals surface area contributed by atoms with E-state index < -0.39 is 6.17 Å². The van der Waals surface area contributed by atoms with E-state index in [9.17, 15) is 4.39 Å². The highest BCUT2D eigenvalue weighted by Gasteiger charge is 2.09. The van der Waals surface area contributed by atoms with E-state index in [0.717, 1.165) is 41.8 Å². The smallest absolute Gasteiger partial charge is 0.159 e. The molecular formula is C38H55FN2O. The van der Waals surface area contributed by atoms with Gasteiger partial charge in [0, 0.05) is 23.5 Å². The first-order valence-corrected chi connectivity index (χ1v) is 17.0. The monoisotopic (exact) mass is 574 g/mol. The van der Waals surface area contributed by atoms with Crippen molar-refractivity contribution >= 4 is 0 Å². The van der Waals surface area contributed by atoms with Crippen LogP contribution < -0.4 is 4.74 Å². The molecule has 0 N–H and O–H groups in total. The van der Waals surface area contributed by atoms with Crippen LogP contribution in [-0.2, 0) is 6.42 Å². The summed E-state index contributed by atoms with van der Waals surface area (Å²) >= 11 is 0. The Morgan fingerprint density at radius 3 is 1.64 bits per heavy atom. The molecule has 3 aromatic rings. The van der Waals surface area contributed by atoms with E-state index in [2.05, 4.69) is 48.1 Å². The number of benzene rings is 2. The zero-order chi connectivity index (χ0) is 29.7. The number of hydrogen-bond donors (Lipinski definition) is 0. The fourth-order valence-electron chi connectivity index (χ4n) is 5.42. The number of alkyl halides is 1. The molecule has 0 saturated carbocycles. The Morgan fingerprint density at radius 2 is 1.07 bits per heavy atom. The van der Waals surface area contributed by atoms with Crippen LogP contribution in [0.5, 0.6) is 5.75 Å². The first-order chi connectivity index (χ1) is 20.7. The predicted octanol–water partition coefficient (Wildman–Crippen LogP) is 11.7. The van der Waals surface area contributed by atoms with Crippen LogP contribution in [0.25, 0.3) is 22.5 Å². The molecule has 0 aliphatic heterocycles. The van der Waals surface area contributed by atoms with E-state index in [1.165, 1.54) is 95.5 Å². The average Bonchev–Trinajstić information content (AvgIpc) is 3.03. The number of ether oxygens (including phenoxy) is 1. The number of nitrogens with zero attached hydrogens (tertiary/aromatic N) is 2. The van der Waals surface area contributed by atoms with Crippen molar-refractivity contribution in [3.63, 3.8) is 0 Å². The molecule has 3 rings (SSSR count). The maximum absolute atomic E-state index is 14.3. The number of unbranched alkanes of at least 4 members (excludes halogenated alkanes) is 14. The van der Waals surface area contributed by atoms with Crippen LogP contribution in [0.2, 0.25) is 0 Å². The second-order valence-electron chi connectivity index (χ2n) is 11.9. The minimum atomic E-state index is -0.912. The van der Waals surface area contributed by atoms with Gasteiger partial charge in [0.05, 0.1) is 0 Å². The number of rotatable bonds is 23. The summed E-state index contributed by atoms with van der Waals surface area (Å²) in [6, 6.07) is 16.5. The second-order valence-corrected chi connectivity index (χ2v) is 11.9. The minimum Gasteiger partial charge on any atom is -0.491 e. The summed E-state index contributed by atoms with van der Waals surface area (Å²) in [5.74, 6) is 1.43. The van der Waals surface area contributed by atoms with Crippen LogP contribution >= 0.6 is 0 Å². The third kappa shape index (κ3) is 13.5. The van der Waals surface area contributed by atoms with Gasteiger partial charge >= 0.3 is 0 Å². The summed E-state index contributed by atoms with van der Waals surface area (Å²) in [7, 11) is 0. The van der Waals surface area contributed by atoms with Gasteiger partial charge in [-0.1, -0.05) is 147 Å². The van der Waals surface area contributed by atoms with E-state index in [-0.39, 0.29) is 6.61 Å². The molecule has 230 valence electrons. The molecule has 2 aromatic carbocycles. The van der Waals surface area contributed by atoms with Gasteiger partial charge < -0.3 is 4.74 Å². The third-order valence-corrected chi connectivity index (χ3v) is 8.17. The summed E-state index contributed by atoms with van der Waals surface area (Å²) in [4.78, 5) is 9.24. The lowest BCUT2D eigenvalue weighted by atomic mass is 10.0. The maximum Gasteiger partial charge on any atom is 0.159 e. The van der Waals surface area contributed by atoms with E-state index in [1.54, 1.807) is 0 Å². The highest BCUT2D eigenvalue weighted by molar-refractivity contribution is 5.64. The first kappa shape index (κ1) is 33.7. The third-order valence-electron chi connectivity index (χ3n) is 8.17. The molecular weight excluding hydrogens is 519 g/mol. The Kier molecular flexibility index (Phi) is 16.9. The topological polar surface area (TPSA) is 35.0 Å². The van der Waals surface area contributed by atoms with Crippen molar-refractivity contribution in [1.29, 1.82) is 0 Å².